The zero-order valence-corrected chi connectivity index (χ0v) is 29.0. The van der Waals surface area contributed by atoms with E-state index in [-0.39, 0.29) is 23.1 Å². The number of para-hydroxylation sites is 1. The zero-order valence-electron chi connectivity index (χ0n) is 28.2. The molecule has 0 unspecified atom stereocenters. The molecule has 1 fully saturated rings. The van der Waals surface area contributed by atoms with E-state index in [9.17, 15) is 23.1 Å². The maximum atomic E-state index is 11.5. The van der Waals surface area contributed by atoms with Crippen LogP contribution in [0, 0.1) is 0 Å². The highest BCUT2D eigenvalue weighted by atomic mass is 32.2. The van der Waals surface area contributed by atoms with E-state index in [1.54, 1.807) is 55.1 Å². The Morgan fingerprint density at radius 3 is 2.38 bits per heavy atom. The van der Waals surface area contributed by atoms with Crippen LogP contribution in [-0.2, 0) is 27.3 Å². The Balaban J connectivity index is 0.000000248. The quantitative estimate of drug-likeness (QED) is 0.186. The zero-order chi connectivity index (χ0) is 35.4. The van der Waals surface area contributed by atoms with Gasteiger partial charge in [0.15, 0.2) is 11.5 Å². The molecule has 14 nitrogen and oxygen atoms in total. The number of ether oxygens (including phenoxy) is 2. The van der Waals surface area contributed by atoms with Crippen LogP contribution >= 0.6 is 0 Å². The van der Waals surface area contributed by atoms with E-state index in [0.29, 0.717) is 53.3 Å². The number of fused-ring (bicyclic) bond motifs is 1. The first-order valence-electron chi connectivity index (χ1n) is 15.3. The second-order valence-corrected chi connectivity index (χ2v) is 14.4. The van der Waals surface area contributed by atoms with Gasteiger partial charge >= 0.3 is 5.97 Å². The van der Waals surface area contributed by atoms with Crippen molar-refractivity contribution in [1.29, 1.82) is 0 Å². The number of hydrogen-bond donors (Lipinski definition) is 4. The van der Waals surface area contributed by atoms with Crippen LogP contribution in [-0.4, -0.2) is 77.3 Å². The number of aromatic nitrogens is 3. The number of nitrogens with one attached hydrogen (secondary N) is 2. The molecule has 1 amide bonds. The lowest BCUT2D eigenvalue weighted by atomic mass is 9.86. The van der Waals surface area contributed by atoms with Crippen LogP contribution in [0.3, 0.4) is 0 Å². The number of aromatic carboxylic acids is 1. The standard InChI is InChI=1S/C21H23N5O4.C12H20N2O3S/c1-13(27)26-10-7-15(8-11-26)23-21-22-9-6-18(24-21)30-17-5-3-4-14-12-16(20(28)29)25(2)19(14)17;1-12(2,3)8-6-9(13)11(17-4)10(7-8)14-18(5,15)16/h3-6,9,12,15H,7-8,10-11H2,1-2H3,(H,28,29)(H,22,23,24);6-7,14H,13H2,1-5H3. The number of nitrogens with two attached hydrogens (primary N) is 1. The first-order chi connectivity index (χ1) is 22.5. The number of nitrogens with zero attached hydrogens (tertiary/aromatic N) is 4. The molecular weight excluding hydrogens is 638 g/mol. The summed E-state index contributed by atoms with van der Waals surface area (Å²) in [5, 5.41) is 13.5. The van der Waals surface area contributed by atoms with E-state index in [1.807, 2.05) is 37.8 Å². The highest BCUT2D eigenvalue weighted by Crippen LogP contribution is 2.37. The third-order valence-corrected chi connectivity index (χ3v) is 8.43. The third kappa shape index (κ3) is 8.85. The number of carbonyl (C=O) groups excluding carboxylic acids is 1. The Morgan fingerprint density at radius 2 is 1.79 bits per heavy atom. The van der Waals surface area contributed by atoms with Gasteiger partial charge in [-0.15, -0.1) is 0 Å². The molecule has 1 aliphatic heterocycles. The number of carboxylic acid groups (broad SMARTS) is 1. The summed E-state index contributed by atoms with van der Waals surface area (Å²) >= 11 is 0. The molecule has 0 saturated carbocycles. The molecule has 0 atom stereocenters. The van der Waals surface area contributed by atoms with Crippen molar-refractivity contribution in [1.82, 2.24) is 19.4 Å². The van der Waals surface area contributed by atoms with Gasteiger partial charge in [-0.3, -0.25) is 9.52 Å². The Labute approximate surface area is 280 Å². The van der Waals surface area contributed by atoms with E-state index in [2.05, 4.69) is 20.0 Å². The van der Waals surface area contributed by atoms with Gasteiger partial charge in [0, 0.05) is 50.8 Å². The molecule has 2 aromatic heterocycles. The van der Waals surface area contributed by atoms with Crippen molar-refractivity contribution in [2.24, 2.45) is 7.05 Å². The van der Waals surface area contributed by atoms with Gasteiger partial charge in [-0.1, -0.05) is 32.9 Å². The number of anilines is 3. The van der Waals surface area contributed by atoms with Crippen molar-refractivity contribution in [3.05, 3.63) is 59.9 Å². The van der Waals surface area contributed by atoms with Crippen LogP contribution in [0.5, 0.6) is 17.4 Å². The highest BCUT2D eigenvalue weighted by molar-refractivity contribution is 7.92. The summed E-state index contributed by atoms with van der Waals surface area (Å²) < 4.78 is 37.8. The second kappa shape index (κ2) is 14.4. The molecule has 1 aliphatic rings. The van der Waals surface area contributed by atoms with E-state index in [0.717, 1.165) is 30.0 Å². The van der Waals surface area contributed by atoms with E-state index >= 15 is 0 Å². The first-order valence-corrected chi connectivity index (χ1v) is 17.2. The molecule has 0 bridgehead atoms. The van der Waals surface area contributed by atoms with Crippen LogP contribution in [0.1, 0.15) is 56.6 Å². The minimum atomic E-state index is -3.37. The fourth-order valence-corrected chi connectivity index (χ4v) is 5.91. The van der Waals surface area contributed by atoms with Crippen molar-refractivity contribution in [3.63, 3.8) is 0 Å². The molecule has 5 N–H and O–H groups in total. The molecule has 258 valence electrons. The van der Waals surface area contributed by atoms with Gasteiger partial charge in [-0.25, -0.2) is 18.2 Å². The Kier molecular flexibility index (Phi) is 10.7. The smallest absolute Gasteiger partial charge is 0.352 e. The predicted octanol–water partition coefficient (Wildman–Crippen LogP) is 4.83. The molecule has 0 aliphatic carbocycles. The summed E-state index contributed by atoms with van der Waals surface area (Å²) in [5.41, 5.74) is 8.34. The number of piperidine rings is 1. The minimum absolute atomic E-state index is 0.0982. The normalized spacial score (nSPS) is 13.8. The number of hydrogen-bond acceptors (Lipinski definition) is 10. The van der Waals surface area contributed by atoms with Crippen molar-refractivity contribution < 1.29 is 32.6 Å². The van der Waals surface area contributed by atoms with Crippen molar-refractivity contribution in [2.45, 2.75) is 52.0 Å². The van der Waals surface area contributed by atoms with Gasteiger partial charge in [-0.05, 0) is 48.1 Å². The van der Waals surface area contributed by atoms with Gasteiger partial charge in [0.1, 0.15) is 5.69 Å². The Morgan fingerprint density at radius 1 is 1.10 bits per heavy atom. The lowest BCUT2D eigenvalue weighted by Crippen LogP contribution is -2.41. The molecule has 0 radical (unpaired) electrons. The maximum absolute atomic E-state index is 11.5. The number of rotatable bonds is 8. The number of carboxylic acids is 1. The number of carbonyl (C=O) groups is 2. The fraction of sp³-hybridized carbons (Fsp3) is 0.394. The second-order valence-electron chi connectivity index (χ2n) is 12.6. The molecule has 15 heteroatoms. The highest BCUT2D eigenvalue weighted by Gasteiger charge is 2.22. The lowest BCUT2D eigenvalue weighted by Gasteiger charge is -2.31. The summed E-state index contributed by atoms with van der Waals surface area (Å²) in [5.74, 6) is 0.777. The van der Waals surface area contributed by atoms with E-state index < -0.39 is 16.0 Å². The summed E-state index contributed by atoms with van der Waals surface area (Å²) in [4.78, 5) is 33.5. The Bertz CT molecular complexity index is 1910. The number of likely N-dealkylation sites (tertiary alicyclic amines) is 1. The number of sulfonamides is 1. The molecular formula is C33H43N7O7S. The maximum Gasteiger partial charge on any atom is 0.352 e. The third-order valence-electron chi connectivity index (χ3n) is 7.84. The number of benzene rings is 2. The molecule has 1 saturated heterocycles. The van der Waals surface area contributed by atoms with E-state index in [4.69, 9.17) is 15.2 Å². The molecule has 48 heavy (non-hydrogen) atoms. The number of amides is 1. The predicted molar refractivity (Wildman–Crippen MR) is 185 cm³/mol. The van der Waals surface area contributed by atoms with Crippen molar-refractivity contribution in [3.8, 4) is 17.4 Å². The van der Waals surface area contributed by atoms with Gasteiger partial charge in [0.2, 0.25) is 27.8 Å². The van der Waals surface area contributed by atoms with E-state index in [1.165, 1.54) is 7.11 Å². The summed E-state index contributed by atoms with van der Waals surface area (Å²) in [7, 11) is -0.227. The number of methoxy groups -OCH3 is 1. The topological polar surface area (TPSA) is 191 Å². The average Bonchev–Trinajstić information content (AvgIpc) is 3.34. The largest absolute Gasteiger partial charge is 0.492 e. The molecule has 3 heterocycles. The number of nitrogen functional groups attached to an aromatic ring is 1. The van der Waals surface area contributed by atoms with Crippen LogP contribution in [0.25, 0.3) is 10.9 Å². The lowest BCUT2D eigenvalue weighted by molar-refractivity contribution is -0.129. The van der Waals surface area contributed by atoms with Crippen molar-refractivity contribution >= 4 is 50.1 Å². The van der Waals surface area contributed by atoms with Crippen LogP contribution in [0.15, 0.2) is 48.7 Å². The molecule has 4 aromatic rings. The van der Waals surface area contributed by atoms with Crippen LogP contribution in [0.4, 0.5) is 17.3 Å². The summed E-state index contributed by atoms with van der Waals surface area (Å²) in [6.45, 7) is 9.09. The SMILES string of the molecule is CC(=O)N1CCC(Nc2nccc(Oc3cccc4cc(C(=O)O)n(C)c34)n2)CC1.COc1c(N)cc(C(C)(C)C)cc1NS(C)(=O)=O. The van der Waals surface area contributed by atoms with Crippen LogP contribution < -0.4 is 25.2 Å². The fourth-order valence-electron chi connectivity index (χ4n) is 5.36. The summed E-state index contributed by atoms with van der Waals surface area (Å²) in [6.07, 6.45) is 4.36. The molecule has 0 spiro atoms. The van der Waals surface area contributed by atoms with Crippen molar-refractivity contribution in [2.75, 3.05) is 42.2 Å². The van der Waals surface area contributed by atoms with Gasteiger partial charge in [0.25, 0.3) is 0 Å². The van der Waals surface area contributed by atoms with Crippen LogP contribution in [0.2, 0.25) is 0 Å². The Hall–Kier alpha value is -5.05. The molecule has 2 aromatic carbocycles. The van der Waals surface area contributed by atoms with Gasteiger partial charge in [0.05, 0.1) is 30.3 Å². The summed E-state index contributed by atoms with van der Waals surface area (Å²) in [6, 6.07) is 12.4. The monoisotopic (exact) mass is 681 g/mol. The molecule has 5 rings (SSSR count). The minimum Gasteiger partial charge on any atom is -0.492 e. The van der Waals surface area contributed by atoms with Gasteiger partial charge < -0.3 is 35.1 Å². The number of aryl methyl sites for hydroxylation is 1. The average molecular weight is 682 g/mol. The first kappa shape index (κ1) is 35.8. The van der Waals surface area contributed by atoms with Gasteiger partial charge in [-0.2, -0.15) is 4.98 Å².